The number of fused-ring (bicyclic) bond motifs is 1. The van der Waals surface area contributed by atoms with Gasteiger partial charge in [-0.15, -0.1) is 0 Å². The van der Waals surface area contributed by atoms with Crippen LogP contribution in [-0.4, -0.2) is 56.9 Å². The van der Waals surface area contributed by atoms with Gasteiger partial charge in [0.2, 0.25) is 0 Å². The van der Waals surface area contributed by atoms with E-state index in [1.54, 1.807) is 25.1 Å². The second-order valence-corrected chi connectivity index (χ2v) is 7.26. The normalized spacial score (nSPS) is 13.6. The van der Waals surface area contributed by atoms with Crippen molar-refractivity contribution in [2.75, 3.05) is 50.2 Å². The molecule has 0 aliphatic carbocycles. The van der Waals surface area contributed by atoms with Crippen molar-refractivity contribution in [2.24, 2.45) is 0 Å². The van der Waals surface area contributed by atoms with Gasteiger partial charge in [-0.25, -0.2) is 9.59 Å². The van der Waals surface area contributed by atoms with Crippen molar-refractivity contribution in [3.8, 4) is 0 Å². The van der Waals surface area contributed by atoms with Crippen LogP contribution in [0.5, 0.6) is 0 Å². The Morgan fingerprint density at radius 3 is 2.53 bits per heavy atom. The van der Waals surface area contributed by atoms with Crippen molar-refractivity contribution >= 4 is 39.9 Å². The molecule has 8 heteroatoms. The van der Waals surface area contributed by atoms with Gasteiger partial charge in [0.05, 0.1) is 43.7 Å². The summed E-state index contributed by atoms with van der Waals surface area (Å²) < 4.78 is 15.5. The largest absolute Gasteiger partial charge is 0.465 e. The third kappa shape index (κ3) is 4.50. The highest BCUT2D eigenvalue weighted by molar-refractivity contribution is 6.07. The number of carbonyl (C=O) groups excluding carboxylic acids is 2. The SMILES string of the molecule is CCOC(=O)c1cnc2ccc(C(=O)OC)cc2c1Nc1ccc(N2CCOCC2)cc1. The van der Waals surface area contributed by atoms with Gasteiger partial charge in [-0.05, 0) is 49.4 Å². The summed E-state index contributed by atoms with van der Waals surface area (Å²) in [5.74, 6) is -0.952. The van der Waals surface area contributed by atoms with Crippen molar-refractivity contribution in [1.82, 2.24) is 4.98 Å². The lowest BCUT2D eigenvalue weighted by Crippen LogP contribution is -2.36. The van der Waals surface area contributed by atoms with E-state index in [4.69, 9.17) is 14.2 Å². The number of aromatic nitrogens is 1. The molecular weight excluding hydrogens is 410 g/mol. The van der Waals surface area contributed by atoms with Gasteiger partial charge in [0.15, 0.2) is 0 Å². The number of ether oxygens (including phenoxy) is 3. The molecule has 0 radical (unpaired) electrons. The van der Waals surface area contributed by atoms with Crippen molar-refractivity contribution in [3.63, 3.8) is 0 Å². The fourth-order valence-electron chi connectivity index (χ4n) is 3.66. The van der Waals surface area contributed by atoms with Gasteiger partial charge in [0.25, 0.3) is 0 Å². The highest BCUT2D eigenvalue weighted by Crippen LogP contribution is 2.31. The van der Waals surface area contributed by atoms with Crippen LogP contribution in [0.3, 0.4) is 0 Å². The van der Waals surface area contributed by atoms with Crippen LogP contribution < -0.4 is 10.2 Å². The van der Waals surface area contributed by atoms with Gasteiger partial charge >= 0.3 is 11.9 Å². The summed E-state index contributed by atoms with van der Waals surface area (Å²) in [5, 5.41) is 3.95. The molecular formula is C24H25N3O5. The summed E-state index contributed by atoms with van der Waals surface area (Å²) in [7, 11) is 1.33. The van der Waals surface area contributed by atoms with E-state index in [1.165, 1.54) is 13.3 Å². The number of esters is 2. The number of rotatable bonds is 6. The standard InChI is InChI=1S/C24H25N3O5/c1-3-32-24(29)20-15-25-21-9-4-16(23(28)30-2)14-19(21)22(20)26-17-5-7-18(8-6-17)27-10-12-31-13-11-27/h4-9,14-15H,3,10-13H2,1-2H3,(H,25,26). The minimum Gasteiger partial charge on any atom is -0.465 e. The Hall–Kier alpha value is -3.65. The summed E-state index contributed by atoms with van der Waals surface area (Å²) >= 11 is 0. The molecule has 1 saturated heterocycles. The Morgan fingerprint density at radius 1 is 1.09 bits per heavy atom. The highest BCUT2D eigenvalue weighted by Gasteiger charge is 2.19. The van der Waals surface area contributed by atoms with Crippen LogP contribution in [0.25, 0.3) is 10.9 Å². The van der Waals surface area contributed by atoms with Gasteiger partial charge < -0.3 is 24.4 Å². The number of hydrogen-bond donors (Lipinski definition) is 1. The Bertz CT molecular complexity index is 1120. The average molecular weight is 435 g/mol. The number of morpholine rings is 1. The molecule has 32 heavy (non-hydrogen) atoms. The van der Waals surface area contributed by atoms with Crippen molar-refractivity contribution in [1.29, 1.82) is 0 Å². The molecule has 4 rings (SSSR count). The smallest absolute Gasteiger partial charge is 0.341 e. The topological polar surface area (TPSA) is 90.0 Å². The van der Waals surface area contributed by atoms with Crippen molar-refractivity contribution in [2.45, 2.75) is 6.92 Å². The molecule has 0 saturated carbocycles. The van der Waals surface area contributed by atoms with E-state index in [2.05, 4.69) is 15.2 Å². The second kappa shape index (κ2) is 9.65. The molecule has 0 bridgehead atoms. The molecule has 0 unspecified atom stereocenters. The number of nitrogens with one attached hydrogen (secondary N) is 1. The van der Waals surface area contributed by atoms with Crippen LogP contribution in [0.15, 0.2) is 48.7 Å². The van der Waals surface area contributed by atoms with Gasteiger partial charge in [-0.2, -0.15) is 0 Å². The number of benzene rings is 2. The van der Waals surface area contributed by atoms with Gasteiger partial charge in [0.1, 0.15) is 5.56 Å². The minimum atomic E-state index is -0.488. The first-order chi connectivity index (χ1) is 15.6. The first-order valence-corrected chi connectivity index (χ1v) is 10.5. The number of pyridine rings is 1. The molecule has 1 aromatic heterocycles. The van der Waals surface area contributed by atoms with E-state index in [1.807, 2.05) is 24.3 Å². The van der Waals surface area contributed by atoms with E-state index in [0.29, 0.717) is 40.9 Å². The van der Waals surface area contributed by atoms with Crippen LogP contribution in [0.4, 0.5) is 17.1 Å². The maximum atomic E-state index is 12.6. The van der Waals surface area contributed by atoms with Gasteiger partial charge in [0, 0.05) is 36.0 Å². The lowest BCUT2D eigenvalue weighted by Gasteiger charge is -2.29. The molecule has 2 heterocycles. The molecule has 2 aromatic carbocycles. The predicted molar refractivity (Wildman–Crippen MR) is 122 cm³/mol. The second-order valence-electron chi connectivity index (χ2n) is 7.26. The first kappa shape index (κ1) is 21.6. The molecule has 0 spiro atoms. The van der Waals surface area contributed by atoms with Crippen LogP contribution in [0, 0.1) is 0 Å². The average Bonchev–Trinajstić information content (AvgIpc) is 2.84. The third-order valence-electron chi connectivity index (χ3n) is 5.30. The first-order valence-electron chi connectivity index (χ1n) is 10.5. The number of nitrogens with zero attached hydrogens (tertiary/aromatic N) is 2. The predicted octanol–water partition coefficient (Wildman–Crippen LogP) is 3.78. The zero-order valence-corrected chi connectivity index (χ0v) is 18.1. The maximum Gasteiger partial charge on any atom is 0.341 e. The molecule has 0 atom stereocenters. The molecule has 3 aromatic rings. The molecule has 8 nitrogen and oxygen atoms in total. The Kier molecular flexibility index (Phi) is 6.51. The highest BCUT2D eigenvalue weighted by atomic mass is 16.5. The van der Waals surface area contributed by atoms with Crippen LogP contribution in [0.2, 0.25) is 0 Å². The number of methoxy groups -OCH3 is 1. The van der Waals surface area contributed by atoms with E-state index in [9.17, 15) is 9.59 Å². The summed E-state index contributed by atoms with van der Waals surface area (Å²) in [6, 6.07) is 13.0. The zero-order valence-electron chi connectivity index (χ0n) is 18.1. The van der Waals surface area contributed by atoms with Gasteiger partial charge in [-0.3, -0.25) is 4.98 Å². The maximum absolute atomic E-state index is 12.6. The fraction of sp³-hybridized carbons (Fsp3) is 0.292. The zero-order chi connectivity index (χ0) is 22.5. The van der Waals surface area contributed by atoms with Gasteiger partial charge in [-0.1, -0.05) is 0 Å². The van der Waals surface area contributed by atoms with Crippen molar-refractivity contribution in [3.05, 3.63) is 59.8 Å². The van der Waals surface area contributed by atoms with Crippen molar-refractivity contribution < 1.29 is 23.8 Å². The summed E-state index contributed by atoms with van der Waals surface area (Å²) in [5.41, 5.74) is 3.73. The molecule has 0 amide bonds. The number of carbonyl (C=O) groups is 2. The molecule has 1 aliphatic rings. The van der Waals surface area contributed by atoms with E-state index < -0.39 is 11.9 Å². The third-order valence-corrected chi connectivity index (χ3v) is 5.30. The molecule has 1 aliphatic heterocycles. The van der Waals surface area contributed by atoms with Crippen LogP contribution in [-0.2, 0) is 14.2 Å². The Labute approximate surface area is 186 Å². The minimum absolute atomic E-state index is 0.243. The molecule has 1 fully saturated rings. The monoisotopic (exact) mass is 435 g/mol. The lowest BCUT2D eigenvalue weighted by atomic mass is 10.1. The number of hydrogen-bond acceptors (Lipinski definition) is 8. The quantitative estimate of drug-likeness (QED) is 0.585. The van der Waals surface area contributed by atoms with E-state index in [-0.39, 0.29) is 6.61 Å². The van der Waals surface area contributed by atoms with E-state index >= 15 is 0 Å². The molecule has 1 N–H and O–H groups in total. The summed E-state index contributed by atoms with van der Waals surface area (Å²) in [6.45, 7) is 5.13. The van der Waals surface area contributed by atoms with E-state index in [0.717, 1.165) is 24.5 Å². The van der Waals surface area contributed by atoms with Crippen LogP contribution >= 0.6 is 0 Å². The summed E-state index contributed by atoms with van der Waals surface area (Å²) in [6.07, 6.45) is 1.49. The summed E-state index contributed by atoms with van der Waals surface area (Å²) in [4.78, 5) is 31.3. The molecule has 166 valence electrons. The Morgan fingerprint density at radius 2 is 1.84 bits per heavy atom. The Balaban J connectivity index is 1.73. The number of anilines is 3. The fourth-order valence-corrected chi connectivity index (χ4v) is 3.66. The lowest BCUT2D eigenvalue weighted by molar-refractivity contribution is 0.0526. The van der Waals surface area contributed by atoms with Crippen LogP contribution in [0.1, 0.15) is 27.6 Å².